The molecule has 3 nitrogen and oxygen atoms in total. The van der Waals surface area contributed by atoms with Gasteiger partial charge in [-0.15, -0.1) is 0 Å². The summed E-state index contributed by atoms with van der Waals surface area (Å²) < 4.78 is 12.7. The van der Waals surface area contributed by atoms with E-state index in [1.165, 1.54) is 18.4 Å². The van der Waals surface area contributed by atoms with Crippen molar-refractivity contribution in [2.45, 2.75) is 45.6 Å². The first-order valence-corrected chi connectivity index (χ1v) is 8.14. The number of hydrogen-bond donors (Lipinski definition) is 1. The monoisotopic (exact) mass is 349 g/mol. The van der Waals surface area contributed by atoms with E-state index in [0.717, 1.165) is 28.1 Å². The third-order valence-electron chi connectivity index (χ3n) is 3.63. The highest BCUT2D eigenvalue weighted by molar-refractivity contribution is 9.10. The molecule has 1 N–H and O–H groups in total. The minimum atomic E-state index is 0.514. The first-order chi connectivity index (χ1) is 10.2. The maximum atomic E-state index is 5.85. The summed E-state index contributed by atoms with van der Waals surface area (Å²) >= 11 is 3.43. The van der Waals surface area contributed by atoms with Crippen LogP contribution in [0.2, 0.25) is 0 Å². The standard InChI is InChI=1S/C17H20BrNO2/c1-12-8-16(21-17(12)9-19-15-6-7-15)11-20-10-13-2-4-14(18)5-3-13/h2-5,8,15,19H,6-7,9-11H2,1H3. The molecule has 1 saturated carbocycles. The summed E-state index contributed by atoms with van der Waals surface area (Å²) in [6.07, 6.45) is 2.59. The van der Waals surface area contributed by atoms with Crippen LogP contribution in [0.1, 0.15) is 35.5 Å². The molecule has 1 heterocycles. The molecule has 1 aliphatic carbocycles. The zero-order valence-electron chi connectivity index (χ0n) is 12.2. The number of halogens is 1. The highest BCUT2D eigenvalue weighted by atomic mass is 79.9. The quantitative estimate of drug-likeness (QED) is 0.808. The maximum absolute atomic E-state index is 5.85. The lowest BCUT2D eigenvalue weighted by Crippen LogP contribution is -2.15. The summed E-state index contributed by atoms with van der Waals surface area (Å²) in [5.41, 5.74) is 2.36. The maximum Gasteiger partial charge on any atom is 0.130 e. The molecule has 21 heavy (non-hydrogen) atoms. The Bertz CT molecular complexity index is 587. The van der Waals surface area contributed by atoms with E-state index >= 15 is 0 Å². The van der Waals surface area contributed by atoms with Crippen LogP contribution >= 0.6 is 15.9 Å². The Labute approximate surface area is 133 Å². The number of furan rings is 1. The first kappa shape index (κ1) is 14.8. The SMILES string of the molecule is Cc1cc(COCc2ccc(Br)cc2)oc1CNC1CC1. The number of aryl methyl sites for hydroxylation is 1. The van der Waals surface area contributed by atoms with Gasteiger partial charge in [0.25, 0.3) is 0 Å². The molecule has 0 aliphatic heterocycles. The van der Waals surface area contributed by atoms with Crippen molar-refractivity contribution in [2.24, 2.45) is 0 Å². The molecule has 1 aliphatic rings. The van der Waals surface area contributed by atoms with Crippen molar-refractivity contribution < 1.29 is 9.15 Å². The molecule has 0 radical (unpaired) electrons. The molecule has 4 heteroatoms. The van der Waals surface area contributed by atoms with Crippen LogP contribution in [0.5, 0.6) is 0 Å². The Kier molecular flexibility index (Phi) is 4.78. The summed E-state index contributed by atoms with van der Waals surface area (Å²) in [7, 11) is 0. The van der Waals surface area contributed by atoms with E-state index < -0.39 is 0 Å². The normalized spacial score (nSPS) is 14.6. The van der Waals surface area contributed by atoms with Crippen LogP contribution in [0.4, 0.5) is 0 Å². The Hall–Kier alpha value is -1.10. The number of rotatable bonds is 7. The van der Waals surface area contributed by atoms with Crippen LogP contribution in [-0.2, 0) is 24.5 Å². The van der Waals surface area contributed by atoms with E-state index in [4.69, 9.17) is 9.15 Å². The smallest absolute Gasteiger partial charge is 0.130 e. The number of benzene rings is 1. The van der Waals surface area contributed by atoms with Gasteiger partial charge in [0.05, 0.1) is 13.2 Å². The Morgan fingerprint density at radius 2 is 2.00 bits per heavy atom. The van der Waals surface area contributed by atoms with Gasteiger partial charge >= 0.3 is 0 Å². The largest absolute Gasteiger partial charge is 0.462 e. The molecule has 0 unspecified atom stereocenters. The lowest BCUT2D eigenvalue weighted by molar-refractivity contribution is 0.0920. The van der Waals surface area contributed by atoms with Crippen LogP contribution in [0.25, 0.3) is 0 Å². The van der Waals surface area contributed by atoms with Crippen LogP contribution in [0.3, 0.4) is 0 Å². The van der Waals surface area contributed by atoms with Gasteiger partial charge in [0.15, 0.2) is 0 Å². The third-order valence-corrected chi connectivity index (χ3v) is 4.16. The Balaban J connectivity index is 1.48. The van der Waals surface area contributed by atoms with E-state index in [-0.39, 0.29) is 0 Å². The molecular formula is C17H20BrNO2. The van der Waals surface area contributed by atoms with Gasteiger partial charge in [-0.25, -0.2) is 0 Å². The number of nitrogens with one attached hydrogen (secondary N) is 1. The van der Waals surface area contributed by atoms with Crippen molar-refractivity contribution in [1.82, 2.24) is 5.32 Å². The third kappa shape index (κ3) is 4.43. The van der Waals surface area contributed by atoms with Crippen molar-refractivity contribution in [1.29, 1.82) is 0 Å². The predicted molar refractivity (Wildman–Crippen MR) is 85.9 cm³/mol. The van der Waals surface area contributed by atoms with Gasteiger partial charge in [-0.3, -0.25) is 0 Å². The van der Waals surface area contributed by atoms with E-state index in [1.807, 2.05) is 12.1 Å². The summed E-state index contributed by atoms with van der Waals surface area (Å²) in [5, 5.41) is 3.48. The molecule has 1 aromatic carbocycles. The molecule has 1 fully saturated rings. The summed E-state index contributed by atoms with van der Waals surface area (Å²) in [6, 6.07) is 10.9. The van der Waals surface area contributed by atoms with Crippen LogP contribution in [-0.4, -0.2) is 6.04 Å². The molecule has 0 saturated heterocycles. The zero-order chi connectivity index (χ0) is 14.7. The lowest BCUT2D eigenvalue weighted by Gasteiger charge is -2.03. The first-order valence-electron chi connectivity index (χ1n) is 7.34. The van der Waals surface area contributed by atoms with Crippen LogP contribution in [0.15, 0.2) is 39.2 Å². The molecule has 2 aromatic rings. The lowest BCUT2D eigenvalue weighted by atomic mass is 10.2. The van der Waals surface area contributed by atoms with Crippen LogP contribution in [0, 0.1) is 6.92 Å². The van der Waals surface area contributed by atoms with Gasteiger partial charge in [-0.05, 0) is 49.1 Å². The predicted octanol–water partition coefficient (Wildman–Crippen LogP) is 4.32. The average molecular weight is 350 g/mol. The van der Waals surface area contributed by atoms with Gasteiger partial charge in [0.2, 0.25) is 0 Å². The molecule has 0 bridgehead atoms. The van der Waals surface area contributed by atoms with E-state index in [2.05, 4.69) is 46.4 Å². The van der Waals surface area contributed by atoms with Crippen molar-refractivity contribution in [3.8, 4) is 0 Å². The minimum absolute atomic E-state index is 0.514. The van der Waals surface area contributed by atoms with Crippen molar-refractivity contribution in [2.75, 3.05) is 0 Å². The summed E-state index contributed by atoms with van der Waals surface area (Å²) in [6.45, 7) is 4.03. The van der Waals surface area contributed by atoms with Crippen molar-refractivity contribution >= 4 is 15.9 Å². The molecule has 112 valence electrons. The highest BCUT2D eigenvalue weighted by Gasteiger charge is 2.21. The van der Waals surface area contributed by atoms with E-state index in [9.17, 15) is 0 Å². The topological polar surface area (TPSA) is 34.4 Å². The number of hydrogen-bond acceptors (Lipinski definition) is 3. The molecule has 1 aromatic heterocycles. The van der Waals surface area contributed by atoms with Crippen LogP contribution < -0.4 is 5.32 Å². The Morgan fingerprint density at radius 1 is 1.24 bits per heavy atom. The fraction of sp³-hybridized carbons (Fsp3) is 0.412. The van der Waals surface area contributed by atoms with E-state index in [0.29, 0.717) is 19.3 Å². The molecular weight excluding hydrogens is 330 g/mol. The minimum Gasteiger partial charge on any atom is -0.462 e. The average Bonchev–Trinajstić information content (AvgIpc) is 3.23. The fourth-order valence-corrected chi connectivity index (χ4v) is 2.48. The molecule has 0 spiro atoms. The van der Waals surface area contributed by atoms with Gasteiger partial charge in [-0.1, -0.05) is 28.1 Å². The second-order valence-electron chi connectivity index (χ2n) is 5.59. The second-order valence-corrected chi connectivity index (χ2v) is 6.51. The van der Waals surface area contributed by atoms with Crippen molar-refractivity contribution in [3.63, 3.8) is 0 Å². The van der Waals surface area contributed by atoms with Gasteiger partial charge in [0, 0.05) is 10.5 Å². The summed E-state index contributed by atoms with van der Waals surface area (Å²) in [5.74, 6) is 1.93. The molecule has 3 rings (SSSR count). The van der Waals surface area contributed by atoms with Gasteiger partial charge in [0.1, 0.15) is 18.1 Å². The van der Waals surface area contributed by atoms with E-state index in [1.54, 1.807) is 0 Å². The second kappa shape index (κ2) is 6.77. The number of ether oxygens (including phenoxy) is 1. The molecule has 0 atom stereocenters. The fourth-order valence-electron chi connectivity index (χ4n) is 2.21. The highest BCUT2D eigenvalue weighted by Crippen LogP contribution is 2.21. The van der Waals surface area contributed by atoms with Gasteiger partial charge in [-0.2, -0.15) is 0 Å². The zero-order valence-corrected chi connectivity index (χ0v) is 13.8. The Morgan fingerprint density at radius 3 is 2.71 bits per heavy atom. The molecule has 0 amide bonds. The van der Waals surface area contributed by atoms with Gasteiger partial charge < -0.3 is 14.5 Å². The summed E-state index contributed by atoms with van der Waals surface area (Å²) in [4.78, 5) is 0. The van der Waals surface area contributed by atoms with Crippen molar-refractivity contribution in [3.05, 3.63) is 57.5 Å².